The average Bonchev–Trinajstić information content (AvgIpc) is 3.66. The molecule has 0 atom stereocenters. The van der Waals surface area contributed by atoms with E-state index in [1.807, 2.05) is 0 Å². The van der Waals surface area contributed by atoms with E-state index in [4.69, 9.17) is 0 Å². The van der Waals surface area contributed by atoms with Gasteiger partial charge < -0.3 is 0 Å². The summed E-state index contributed by atoms with van der Waals surface area (Å²) in [6.45, 7) is 9.42. The maximum absolute atomic E-state index is 2.67. The van der Waals surface area contributed by atoms with Crippen LogP contribution in [0.4, 0.5) is 0 Å². The number of hydrogen-bond acceptors (Lipinski definition) is 0. The van der Waals surface area contributed by atoms with Crippen LogP contribution in [0.15, 0.2) is 12.4 Å². The van der Waals surface area contributed by atoms with Crippen LogP contribution in [0.2, 0.25) is 0 Å². The molecule has 0 N–H and O–H groups in total. The van der Waals surface area contributed by atoms with Gasteiger partial charge in [0.15, 0.2) is 0 Å². The molecule has 0 aromatic carbocycles. The zero-order valence-corrected chi connectivity index (χ0v) is 43.0. The summed E-state index contributed by atoms with van der Waals surface area (Å²) in [5.74, 6) is 1.64. The number of aryl methyl sites for hydroxylation is 2. The maximum Gasteiger partial charge on any atom is 0.256 e. The normalized spacial score (nSPS) is 11.7. The molecule has 0 saturated heterocycles. The van der Waals surface area contributed by atoms with Crippen LogP contribution in [0.1, 0.15) is 348 Å². The van der Waals surface area contributed by atoms with Crippen molar-refractivity contribution in [2.75, 3.05) is 0 Å². The largest absolute Gasteiger partial charge is 0.256 e. The number of aromatic nitrogens is 2. The van der Waals surface area contributed by atoms with Crippen LogP contribution in [-0.4, -0.2) is 4.57 Å². The molecule has 0 spiro atoms. The van der Waals surface area contributed by atoms with Crippen molar-refractivity contribution >= 4 is 0 Å². The summed E-state index contributed by atoms with van der Waals surface area (Å²) in [7, 11) is 0. The maximum atomic E-state index is 2.67. The van der Waals surface area contributed by atoms with E-state index in [-0.39, 0.29) is 0 Å². The molecule has 1 aromatic heterocycles. The van der Waals surface area contributed by atoms with Crippen molar-refractivity contribution in [2.45, 2.75) is 361 Å². The highest BCUT2D eigenvalue weighted by molar-refractivity contribution is 4.84. The lowest BCUT2D eigenvalue weighted by atomic mass is 10.0. The highest BCUT2D eigenvalue weighted by atomic mass is 15.1. The van der Waals surface area contributed by atoms with Crippen LogP contribution in [0, 0.1) is 0 Å². The molecule has 0 radical (unpaired) electrons. The summed E-state index contributed by atoms with van der Waals surface area (Å²) in [6, 6.07) is 0. The fourth-order valence-corrected chi connectivity index (χ4v) is 10.0. The van der Waals surface area contributed by atoms with E-state index in [0.717, 1.165) is 0 Å². The molecule has 1 rings (SSSR count). The van der Waals surface area contributed by atoms with Gasteiger partial charge in [-0.1, -0.05) is 310 Å². The molecule has 0 unspecified atom stereocenters. The van der Waals surface area contributed by atoms with Gasteiger partial charge in [-0.05, 0) is 32.1 Å². The molecule has 0 aliphatic carbocycles. The lowest BCUT2D eigenvalue weighted by Gasteiger charge is -2.07. The van der Waals surface area contributed by atoms with Gasteiger partial charge in [0.2, 0.25) is 0 Å². The van der Waals surface area contributed by atoms with Gasteiger partial charge in [-0.3, -0.25) is 0 Å². The minimum Gasteiger partial charge on any atom is -0.234 e. The van der Waals surface area contributed by atoms with Crippen molar-refractivity contribution in [3.8, 4) is 0 Å². The molecule has 0 amide bonds. The van der Waals surface area contributed by atoms with Gasteiger partial charge in [0.25, 0.3) is 5.82 Å². The Kier molecular flexibility index (Phi) is 47.9. The number of hydrogen-bond donors (Lipinski definition) is 0. The Labute approximate surface area is 387 Å². The Morgan fingerprint density at radius 3 is 0.787 bits per heavy atom. The first-order valence-corrected chi connectivity index (χ1v) is 29.4. The van der Waals surface area contributed by atoms with Gasteiger partial charge in [-0.2, -0.15) is 0 Å². The number of unbranched alkanes of at least 4 members (excludes halogenated alkanes) is 47. The van der Waals surface area contributed by atoms with E-state index in [1.54, 1.807) is 5.82 Å². The van der Waals surface area contributed by atoms with E-state index in [0.29, 0.717) is 0 Å². The Morgan fingerprint density at radius 2 is 0.508 bits per heavy atom. The molecule has 0 saturated carbocycles. The predicted octanol–water partition coefficient (Wildman–Crippen LogP) is 20.9. The monoisotopic (exact) mass is 854 g/mol. The highest BCUT2D eigenvalue weighted by Gasteiger charge is 2.16. The molecule has 2 heteroatoms. The van der Waals surface area contributed by atoms with Crippen molar-refractivity contribution in [1.82, 2.24) is 4.57 Å². The first-order chi connectivity index (χ1) is 30.3. The average molecular weight is 855 g/mol. The van der Waals surface area contributed by atoms with Gasteiger partial charge in [0, 0.05) is 6.42 Å². The second kappa shape index (κ2) is 50.2. The molecule has 0 fully saturated rings. The Bertz CT molecular complexity index is 933. The number of imidazole rings is 1. The van der Waals surface area contributed by atoms with E-state index < -0.39 is 0 Å². The van der Waals surface area contributed by atoms with Crippen LogP contribution < -0.4 is 4.57 Å². The second-order valence-corrected chi connectivity index (χ2v) is 20.5. The molecule has 0 aliphatic heterocycles. The highest BCUT2D eigenvalue weighted by Crippen LogP contribution is 2.18. The first-order valence-electron chi connectivity index (χ1n) is 29.4. The quantitative estimate of drug-likeness (QED) is 0.0456. The fraction of sp³-hybridized carbons (Fsp3) is 0.949. The lowest BCUT2D eigenvalue weighted by molar-refractivity contribution is -0.704. The van der Waals surface area contributed by atoms with Crippen LogP contribution in [-0.2, 0) is 19.5 Å². The Morgan fingerprint density at radius 1 is 0.279 bits per heavy atom. The molecule has 1 aromatic rings. The number of rotatable bonds is 53. The first kappa shape index (κ1) is 58.2. The molecule has 362 valence electrons. The van der Waals surface area contributed by atoms with E-state index in [2.05, 4.69) is 42.3 Å². The third-order valence-electron chi connectivity index (χ3n) is 14.3. The van der Waals surface area contributed by atoms with Gasteiger partial charge in [-0.25, -0.2) is 9.13 Å². The topological polar surface area (TPSA) is 8.81 Å². The minimum absolute atomic E-state index is 1.23. The fourth-order valence-electron chi connectivity index (χ4n) is 10.0. The summed E-state index contributed by atoms with van der Waals surface area (Å²) in [4.78, 5) is 0. The second-order valence-electron chi connectivity index (χ2n) is 20.5. The third kappa shape index (κ3) is 41.7. The van der Waals surface area contributed by atoms with Gasteiger partial charge >= 0.3 is 0 Å². The third-order valence-corrected chi connectivity index (χ3v) is 14.3. The van der Waals surface area contributed by atoms with Crippen LogP contribution in [0.3, 0.4) is 0 Å². The zero-order chi connectivity index (χ0) is 43.6. The van der Waals surface area contributed by atoms with Gasteiger partial charge in [-0.15, -0.1) is 0 Å². The van der Waals surface area contributed by atoms with Gasteiger partial charge in [0.05, 0.1) is 13.1 Å². The molecule has 61 heavy (non-hydrogen) atoms. The van der Waals surface area contributed by atoms with Crippen molar-refractivity contribution in [2.24, 2.45) is 0 Å². The van der Waals surface area contributed by atoms with E-state index in [1.165, 1.54) is 341 Å². The summed E-state index contributed by atoms with van der Waals surface area (Å²) in [5.41, 5.74) is 0. The lowest BCUT2D eigenvalue weighted by Crippen LogP contribution is -2.37. The number of nitrogens with zero attached hydrogens (tertiary/aromatic N) is 2. The molecule has 0 aliphatic rings. The summed E-state index contributed by atoms with van der Waals surface area (Å²) < 4.78 is 5.34. The SMILES string of the molecule is CCCCCCCCCCCCCCCCCCCc1n(CCCCCCCCCCCCCCCCCC)cc[n+]1CCCCCCCCCCCCCCCCCCC. The summed E-state index contributed by atoms with van der Waals surface area (Å²) in [5, 5.41) is 0. The van der Waals surface area contributed by atoms with Crippen molar-refractivity contribution in [1.29, 1.82) is 0 Å². The van der Waals surface area contributed by atoms with Crippen molar-refractivity contribution < 1.29 is 4.57 Å². The summed E-state index contributed by atoms with van der Waals surface area (Å²) >= 11 is 0. The van der Waals surface area contributed by atoms with Crippen molar-refractivity contribution in [3.05, 3.63) is 18.2 Å². The zero-order valence-electron chi connectivity index (χ0n) is 43.0. The predicted molar refractivity (Wildman–Crippen MR) is 276 cm³/mol. The molecule has 0 bridgehead atoms. The van der Waals surface area contributed by atoms with E-state index >= 15 is 0 Å². The molecule has 2 nitrogen and oxygen atoms in total. The van der Waals surface area contributed by atoms with Crippen molar-refractivity contribution in [3.63, 3.8) is 0 Å². The summed E-state index contributed by atoms with van der Waals surface area (Å²) in [6.07, 6.45) is 78.8. The van der Waals surface area contributed by atoms with Crippen LogP contribution in [0.25, 0.3) is 0 Å². The Balaban J connectivity index is 2.24. The minimum atomic E-state index is 1.23. The van der Waals surface area contributed by atoms with Crippen LogP contribution in [0.5, 0.6) is 0 Å². The molecular formula is C59H117N2+. The molecule has 1 heterocycles. The van der Waals surface area contributed by atoms with Gasteiger partial charge in [0.1, 0.15) is 12.4 Å². The van der Waals surface area contributed by atoms with Crippen LogP contribution >= 0.6 is 0 Å². The smallest absolute Gasteiger partial charge is 0.234 e. The Hall–Kier alpha value is -0.790. The van der Waals surface area contributed by atoms with E-state index in [9.17, 15) is 0 Å². The standard InChI is InChI=1S/C59H117N2/c1-4-7-10-13-16-19-22-25-28-31-33-36-39-42-45-48-51-54-59-60(55-52-49-46-43-40-37-34-30-27-24-21-18-15-12-9-6-3)57-58-61(59)56-53-50-47-44-41-38-35-32-29-26-23-20-17-14-11-8-5-2/h57-58H,4-56H2,1-3H3/q+1. The molecular weight excluding hydrogens is 737 g/mol.